The largest absolute Gasteiger partial charge is 0.396 e. The summed E-state index contributed by atoms with van der Waals surface area (Å²) in [7, 11) is -3.28. The molecule has 1 aromatic heterocycles. The van der Waals surface area contributed by atoms with Crippen LogP contribution in [-0.4, -0.2) is 47.2 Å². The van der Waals surface area contributed by atoms with Crippen LogP contribution in [0.15, 0.2) is 66.7 Å². The second-order valence-electron chi connectivity index (χ2n) is 9.05. The van der Waals surface area contributed by atoms with Crippen molar-refractivity contribution < 1.29 is 22.7 Å². The highest BCUT2D eigenvalue weighted by Gasteiger charge is 2.43. The number of halogens is 2. The smallest absolute Gasteiger partial charge is 0.163 e. The van der Waals surface area contributed by atoms with Crippen molar-refractivity contribution in [2.45, 2.75) is 12.8 Å². The number of aliphatic hydroxyl groups is 1. The molecule has 5 rings (SSSR count). The van der Waals surface area contributed by atoms with Crippen molar-refractivity contribution in [1.29, 1.82) is 0 Å². The molecule has 180 valence electrons. The SMILES string of the molecule is O=C(CC1(CO)CCS(=O)(=O)C1)c1ccc2c(-c3ccccc3Cl)nn(-c3ccc(F)cc3)c2c1. The first-order valence-electron chi connectivity index (χ1n) is 11.1. The Balaban J connectivity index is 1.62. The number of fused-ring (bicyclic) bond motifs is 1. The molecule has 35 heavy (non-hydrogen) atoms. The zero-order valence-corrected chi connectivity index (χ0v) is 20.2. The van der Waals surface area contributed by atoms with E-state index >= 15 is 0 Å². The fourth-order valence-corrected chi connectivity index (χ4v) is 7.05. The first-order chi connectivity index (χ1) is 16.7. The Bertz CT molecular complexity index is 1550. The quantitative estimate of drug-likeness (QED) is 0.373. The topological polar surface area (TPSA) is 89.3 Å². The number of aliphatic hydroxyl groups excluding tert-OH is 1. The van der Waals surface area contributed by atoms with E-state index in [0.717, 1.165) is 10.9 Å². The lowest BCUT2D eigenvalue weighted by Gasteiger charge is -2.23. The average molecular weight is 513 g/mol. The van der Waals surface area contributed by atoms with Gasteiger partial charge in [-0.25, -0.2) is 17.5 Å². The third kappa shape index (κ3) is 4.49. The van der Waals surface area contributed by atoms with Crippen LogP contribution in [0.25, 0.3) is 27.8 Å². The standard InChI is InChI=1S/C26H22ClFN2O4S/c27-22-4-2-1-3-20(22)25-21-10-5-17(24(32)14-26(15-31)11-12-35(33,34)16-26)13-23(21)30(29-25)19-8-6-18(28)7-9-19/h1-10,13,31H,11-12,14-16H2. The highest BCUT2D eigenvalue weighted by molar-refractivity contribution is 7.91. The summed E-state index contributed by atoms with van der Waals surface area (Å²) in [4.78, 5) is 13.2. The molecule has 4 aromatic rings. The van der Waals surface area contributed by atoms with E-state index in [1.165, 1.54) is 12.1 Å². The number of rotatable bonds is 6. The van der Waals surface area contributed by atoms with E-state index in [0.29, 0.717) is 27.5 Å². The molecule has 0 bridgehead atoms. The van der Waals surface area contributed by atoms with Gasteiger partial charge in [0.25, 0.3) is 0 Å². The summed E-state index contributed by atoms with van der Waals surface area (Å²) in [5.41, 5.74) is 1.97. The van der Waals surface area contributed by atoms with Gasteiger partial charge in [0.1, 0.15) is 11.5 Å². The number of Topliss-reactive ketones (excluding diaryl/α,β-unsaturated/α-hetero) is 1. The van der Waals surface area contributed by atoms with Crippen LogP contribution in [-0.2, 0) is 9.84 Å². The number of carbonyl (C=O) groups is 1. The van der Waals surface area contributed by atoms with Crippen LogP contribution in [0.4, 0.5) is 4.39 Å². The molecule has 1 saturated heterocycles. The molecule has 6 nitrogen and oxygen atoms in total. The molecule has 9 heteroatoms. The van der Waals surface area contributed by atoms with Gasteiger partial charge in [-0.3, -0.25) is 4.79 Å². The van der Waals surface area contributed by atoms with Crippen LogP contribution in [0, 0.1) is 11.2 Å². The van der Waals surface area contributed by atoms with Crippen LogP contribution >= 0.6 is 11.6 Å². The summed E-state index contributed by atoms with van der Waals surface area (Å²) in [6, 6.07) is 18.3. The summed E-state index contributed by atoms with van der Waals surface area (Å²) in [6.07, 6.45) is 0.181. The maximum Gasteiger partial charge on any atom is 0.163 e. The molecular formula is C26H22ClFN2O4S. The number of nitrogens with zero attached hydrogens (tertiary/aromatic N) is 2. The molecule has 3 aromatic carbocycles. The van der Waals surface area contributed by atoms with Gasteiger partial charge in [0.2, 0.25) is 0 Å². The molecule has 0 amide bonds. The molecule has 1 N–H and O–H groups in total. The number of hydrogen-bond donors (Lipinski definition) is 1. The van der Waals surface area contributed by atoms with E-state index in [1.54, 1.807) is 41.1 Å². The van der Waals surface area contributed by atoms with Gasteiger partial charge in [-0.05, 0) is 48.9 Å². The number of ketones is 1. The van der Waals surface area contributed by atoms with E-state index in [9.17, 15) is 22.7 Å². The van der Waals surface area contributed by atoms with E-state index in [4.69, 9.17) is 16.7 Å². The van der Waals surface area contributed by atoms with E-state index in [1.807, 2.05) is 18.2 Å². The van der Waals surface area contributed by atoms with Crippen LogP contribution in [0.3, 0.4) is 0 Å². The van der Waals surface area contributed by atoms with Crippen LogP contribution in [0.5, 0.6) is 0 Å². The monoisotopic (exact) mass is 512 g/mol. The zero-order valence-electron chi connectivity index (χ0n) is 18.6. The van der Waals surface area contributed by atoms with Gasteiger partial charge < -0.3 is 5.11 Å². The summed E-state index contributed by atoms with van der Waals surface area (Å²) in [5, 5.41) is 15.9. The molecule has 2 heterocycles. The second kappa shape index (κ2) is 8.86. The Labute approximate surface area is 206 Å². The minimum absolute atomic E-state index is 0.0294. The maximum atomic E-state index is 13.6. The summed E-state index contributed by atoms with van der Waals surface area (Å²) in [6.45, 7) is -0.371. The van der Waals surface area contributed by atoms with Gasteiger partial charge in [0.15, 0.2) is 15.6 Å². The van der Waals surface area contributed by atoms with E-state index in [2.05, 4.69) is 0 Å². The minimum Gasteiger partial charge on any atom is -0.396 e. The second-order valence-corrected chi connectivity index (χ2v) is 11.6. The highest BCUT2D eigenvalue weighted by atomic mass is 35.5. The Morgan fingerprint density at radius 2 is 1.86 bits per heavy atom. The Morgan fingerprint density at radius 3 is 2.51 bits per heavy atom. The summed E-state index contributed by atoms with van der Waals surface area (Å²) in [5.74, 6) is -0.870. The average Bonchev–Trinajstić information content (AvgIpc) is 3.37. The predicted octanol–water partition coefficient (Wildman–Crippen LogP) is 4.86. The lowest BCUT2D eigenvalue weighted by molar-refractivity contribution is 0.0837. The third-order valence-electron chi connectivity index (χ3n) is 6.54. The number of benzene rings is 3. The molecule has 0 radical (unpaired) electrons. The Kier molecular flexibility index (Phi) is 5.99. The minimum atomic E-state index is -3.28. The third-order valence-corrected chi connectivity index (χ3v) is 8.75. The fraction of sp³-hybridized carbons (Fsp3) is 0.231. The van der Waals surface area contributed by atoms with Crippen molar-refractivity contribution >= 4 is 38.1 Å². The van der Waals surface area contributed by atoms with Crippen LogP contribution in [0.1, 0.15) is 23.2 Å². The lowest BCUT2D eigenvalue weighted by atomic mass is 9.82. The molecule has 1 fully saturated rings. The molecular weight excluding hydrogens is 491 g/mol. The Morgan fingerprint density at radius 1 is 1.11 bits per heavy atom. The molecule has 1 unspecified atom stereocenters. The Hall–Kier alpha value is -3.07. The predicted molar refractivity (Wildman–Crippen MR) is 133 cm³/mol. The molecule has 1 atom stereocenters. The first kappa shape index (κ1) is 23.7. The van der Waals surface area contributed by atoms with E-state index in [-0.39, 0.29) is 42.6 Å². The van der Waals surface area contributed by atoms with Crippen molar-refractivity contribution in [3.8, 4) is 16.9 Å². The number of carbonyl (C=O) groups excluding carboxylic acids is 1. The number of hydrogen-bond acceptors (Lipinski definition) is 5. The highest BCUT2D eigenvalue weighted by Crippen LogP contribution is 2.38. The normalized spacial score (nSPS) is 19.3. The zero-order chi connectivity index (χ0) is 24.8. The van der Waals surface area contributed by atoms with Gasteiger partial charge in [-0.15, -0.1) is 0 Å². The van der Waals surface area contributed by atoms with Crippen molar-refractivity contribution in [2.75, 3.05) is 18.1 Å². The van der Waals surface area contributed by atoms with Gasteiger partial charge in [0.05, 0.1) is 34.3 Å². The molecule has 1 aliphatic rings. The maximum absolute atomic E-state index is 13.6. The van der Waals surface area contributed by atoms with Gasteiger partial charge in [-0.2, -0.15) is 5.10 Å². The van der Waals surface area contributed by atoms with Crippen molar-refractivity contribution in [1.82, 2.24) is 9.78 Å². The summed E-state index contributed by atoms with van der Waals surface area (Å²) >= 11 is 6.44. The number of sulfone groups is 1. The van der Waals surface area contributed by atoms with Crippen molar-refractivity contribution in [3.63, 3.8) is 0 Å². The van der Waals surface area contributed by atoms with Gasteiger partial charge in [0, 0.05) is 28.3 Å². The van der Waals surface area contributed by atoms with Crippen molar-refractivity contribution in [3.05, 3.63) is 83.1 Å². The molecule has 0 saturated carbocycles. The molecule has 0 spiro atoms. The van der Waals surface area contributed by atoms with Gasteiger partial charge in [-0.1, -0.05) is 35.9 Å². The van der Waals surface area contributed by atoms with Gasteiger partial charge >= 0.3 is 0 Å². The van der Waals surface area contributed by atoms with Crippen LogP contribution < -0.4 is 0 Å². The van der Waals surface area contributed by atoms with Crippen molar-refractivity contribution in [2.24, 2.45) is 5.41 Å². The fourth-order valence-electron chi connectivity index (χ4n) is 4.67. The summed E-state index contributed by atoms with van der Waals surface area (Å²) < 4.78 is 39.2. The van der Waals surface area contributed by atoms with E-state index < -0.39 is 15.3 Å². The number of aromatic nitrogens is 2. The molecule has 1 aliphatic heterocycles. The van der Waals surface area contributed by atoms with Crippen LogP contribution in [0.2, 0.25) is 5.02 Å². The lowest BCUT2D eigenvalue weighted by Crippen LogP contribution is -2.30. The first-order valence-corrected chi connectivity index (χ1v) is 13.3. The molecule has 0 aliphatic carbocycles.